The standard InChI is InChI=1S/C56H96O6/c1-4-7-10-13-16-19-22-24-26-27-28-30-31-34-37-40-43-46-49-55(58)61-52-53(51-60-54(57)48-45-42-39-36-33-21-18-15-12-9-6-3)62-56(59)50-47-44-41-38-35-32-29-25-23-20-17-14-11-8-5-2/h8,11,17,20,25-27,29,35,38,44,47,53H,4-7,9-10,12-16,18-19,21-24,28,30-34,36-37,39-43,45-46,48-52H2,1-3H3/b11-8-,20-17-,27-26-,29-25-,38-35-,47-44-. The first kappa shape index (κ1) is 58.9. The van der Waals surface area contributed by atoms with E-state index in [0.29, 0.717) is 12.8 Å². The lowest BCUT2D eigenvalue weighted by molar-refractivity contribution is -0.166. The molecule has 0 amide bonds. The summed E-state index contributed by atoms with van der Waals surface area (Å²) >= 11 is 0. The fraction of sp³-hybridized carbons (Fsp3) is 0.732. The number of unbranched alkanes of at least 4 members (excludes halogenated alkanes) is 24. The first-order chi connectivity index (χ1) is 30.5. The third-order valence-electron chi connectivity index (χ3n) is 11.0. The van der Waals surface area contributed by atoms with Crippen molar-refractivity contribution in [3.05, 3.63) is 72.9 Å². The van der Waals surface area contributed by atoms with Crippen molar-refractivity contribution in [1.29, 1.82) is 0 Å². The van der Waals surface area contributed by atoms with Gasteiger partial charge in [-0.15, -0.1) is 0 Å². The fourth-order valence-electron chi connectivity index (χ4n) is 7.10. The average Bonchev–Trinajstić information content (AvgIpc) is 3.27. The van der Waals surface area contributed by atoms with E-state index in [-0.39, 0.29) is 31.6 Å². The second-order valence-corrected chi connectivity index (χ2v) is 17.1. The Morgan fingerprint density at radius 1 is 0.355 bits per heavy atom. The number of rotatable bonds is 46. The summed E-state index contributed by atoms with van der Waals surface area (Å²) in [5.74, 6) is -1.05. The Morgan fingerprint density at radius 2 is 0.677 bits per heavy atom. The third-order valence-corrected chi connectivity index (χ3v) is 11.0. The molecule has 356 valence electrons. The van der Waals surface area contributed by atoms with Gasteiger partial charge in [0.2, 0.25) is 0 Å². The summed E-state index contributed by atoms with van der Waals surface area (Å²) in [6, 6.07) is 0. The molecule has 6 heteroatoms. The van der Waals surface area contributed by atoms with Crippen molar-refractivity contribution in [2.45, 2.75) is 252 Å². The molecule has 1 atom stereocenters. The van der Waals surface area contributed by atoms with E-state index in [2.05, 4.69) is 81.5 Å². The Bertz CT molecular complexity index is 1180. The van der Waals surface area contributed by atoms with Gasteiger partial charge in [-0.25, -0.2) is 0 Å². The van der Waals surface area contributed by atoms with E-state index >= 15 is 0 Å². The minimum Gasteiger partial charge on any atom is -0.462 e. The molecule has 0 aliphatic heterocycles. The molecule has 0 saturated heterocycles. The molecule has 0 radical (unpaired) electrons. The van der Waals surface area contributed by atoms with Crippen LogP contribution in [0.15, 0.2) is 72.9 Å². The maximum Gasteiger partial charge on any atom is 0.310 e. The van der Waals surface area contributed by atoms with Crippen LogP contribution in [-0.4, -0.2) is 37.2 Å². The van der Waals surface area contributed by atoms with Crippen molar-refractivity contribution >= 4 is 17.9 Å². The van der Waals surface area contributed by atoms with E-state index in [4.69, 9.17) is 14.2 Å². The number of carbonyl (C=O) groups is 3. The topological polar surface area (TPSA) is 78.9 Å². The second-order valence-electron chi connectivity index (χ2n) is 17.1. The average molecular weight is 865 g/mol. The predicted molar refractivity (Wildman–Crippen MR) is 265 cm³/mol. The van der Waals surface area contributed by atoms with Crippen LogP contribution >= 0.6 is 0 Å². The van der Waals surface area contributed by atoms with Crippen LogP contribution in [0.1, 0.15) is 245 Å². The highest BCUT2D eigenvalue weighted by Crippen LogP contribution is 2.14. The van der Waals surface area contributed by atoms with Crippen molar-refractivity contribution in [2.24, 2.45) is 0 Å². The van der Waals surface area contributed by atoms with Crippen LogP contribution in [0.25, 0.3) is 0 Å². The number of carbonyl (C=O) groups excluding carboxylic acids is 3. The van der Waals surface area contributed by atoms with Gasteiger partial charge in [-0.05, 0) is 70.6 Å². The highest BCUT2D eigenvalue weighted by Gasteiger charge is 2.19. The SMILES string of the molecule is CC/C=C\C/C=C\C/C=C\C/C=C\C/C=C\CC(=O)OC(COC(=O)CCCCCCCCC/C=C\CCCCCCCCC)COC(=O)CCCCCCCCCCCCC. The second kappa shape index (κ2) is 50.5. The molecule has 6 nitrogen and oxygen atoms in total. The van der Waals surface area contributed by atoms with E-state index < -0.39 is 12.1 Å². The molecule has 0 saturated carbocycles. The lowest BCUT2D eigenvalue weighted by Gasteiger charge is -2.18. The molecule has 0 rings (SSSR count). The molecule has 0 spiro atoms. The minimum atomic E-state index is -0.828. The van der Waals surface area contributed by atoms with Gasteiger partial charge < -0.3 is 14.2 Å². The molecule has 0 aliphatic carbocycles. The zero-order valence-electron chi connectivity index (χ0n) is 40.6. The van der Waals surface area contributed by atoms with Crippen molar-refractivity contribution in [3.8, 4) is 0 Å². The normalized spacial score (nSPS) is 12.6. The molecule has 0 aromatic carbocycles. The van der Waals surface area contributed by atoms with Gasteiger partial charge in [0.1, 0.15) is 13.2 Å². The van der Waals surface area contributed by atoms with Crippen LogP contribution in [0.5, 0.6) is 0 Å². The summed E-state index contributed by atoms with van der Waals surface area (Å²) in [5, 5.41) is 0. The summed E-state index contributed by atoms with van der Waals surface area (Å²) in [7, 11) is 0. The van der Waals surface area contributed by atoms with Crippen LogP contribution in [0, 0.1) is 0 Å². The highest BCUT2D eigenvalue weighted by atomic mass is 16.6. The Morgan fingerprint density at radius 3 is 1.05 bits per heavy atom. The third kappa shape index (κ3) is 47.9. The molecule has 0 aromatic rings. The summed E-state index contributed by atoms with van der Waals surface area (Å²) < 4.78 is 16.7. The smallest absolute Gasteiger partial charge is 0.310 e. The molecule has 0 fully saturated rings. The molecular formula is C56H96O6. The molecule has 1 unspecified atom stereocenters. The van der Waals surface area contributed by atoms with Crippen molar-refractivity contribution in [3.63, 3.8) is 0 Å². The number of ether oxygens (including phenoxy) is 3. The van der Waals surface area contributed by atoms with Gasteiger partial charge in [0.25, 0.3) is 0 Å². The van der Waals surface area contributed by atoms with Gasteiger partial charge in [0.05, 0.1) is 6.42 Å². The maximum absolute atomic E-state index is 12.7. The largest absolute Gasteiger partial charge is 0.462 e. The number of esters is 3. The lowest BCUT2D eigenvalue weighted by atomic mass is 10.1. The Hall–Kier alpha value is -3.15. The van der Waals surface area contributed by atoms with E-state index in [0.717, 1.165) is 70.6 Å². The van der Waals surface area contributed by atoms with Crippen molar-refractivity contribution in [2.75, 3.05) is 13.2 Å². The minimum absolute atomic E-state index is 0.0979. The van der Waals surface area contributed by atoms with Crippen LogP contribution in [-0.2, 0) is 28.6 Å². The van der Waals surface area contributed by atoms with E-state index in [1.807, 2.05) is 6.08 Å². The van der Waals surface area contributed by atoms with Gasteiger partial charge in [0, 0.05) is 12.8 Å². The Balaban J connectivity index is 4.46. The molecule has 0 aliphatic rings. The Kier molecular flexibility index (Phi) is 47.9. The zero-order valence-corrected chi connectivity index (χ0v) is 40.6. The first-order valence-electron chi connectivity index (χ1n) is 25.9. The molecule has 0 heterocycles. The van der Waals surface area contributed by atoms with Gasteiger partial charge in [-0.2, -0.15) is 0 Å². The lowest BCUT2D eigenvalue weighted by Crippen LogP contribution is -2.30. The zero-order chi connectivity index (χ0) is 45.1. The van der Waals surface area contributed by atoms with Gasteiger partial charge in [-0.3, -0.25) is 14.4 Å². The first-order valence-corrected chi connectivity index (χ1v) is 25.9. The monoisotopic (exact) mass is 865 g/mol. The molecule has 0 N–H and O–H groups in total. The van der Waals surface area contributed by atoms with E-state index in [9.17, 15) is 14.4 Å². The summed E-state index contributed by atoms with van der Waals surface area (Å²) in [6.45, 7) is 6.43. The van der Waals surface area contributed by atoms with Crippen LogP contribution in [0.3, 0.4) is 0 Å². The summed E-state index contributed by atoms with van der Waals surface area (Å²) in [5.41, 5.74) is 0. The van der Waals surface area contributed by atoms with Gasteiger partial charge in [0.15, 0.2) is 6.10 Å². The Labute approximate surface area is 382 Å². The molecular weight excluding hydrogens is 769 g/mol. The molecule has 0 bridgehead atoms. The number of hydrogen-bond donors (Lipinski definition) is 0. The summed E-state index contributed by atoms with van der Waals surface area (Å²) in [4.78, 5) is 37.9. The van der Waals surface area contributed by atoms with Crippen LogP contribution in [0.4, 0.5) is 0 Å². The number of hydrogen-bond acceptors (Lipinski definition) is 6. The molecule has 0 aromatic heterocycles. The van der Waals surface area contributed by atoms with Crippen LogP contribution in [0.2, 0.25) is 0 Å². The van der Waals surface area contributed by atoms with E-state index in [1.54, 1.807) is 6.08 Å². The molecule has 62 heavy (non-hydrogen) atoms. The van der Waals surface area contributed by atoms with Crippen molar-refractivity contribution < 1.29 is 28.6 Å². The van der Waals surface area contributed by atoms with Gasteiger partial charge >= 0.3 is 17.9 Å². The maximum atomic E-state index is 12.7. The van der Waals surface area contributed by atoms with Gasteiger partial charge in [-0.1, -0.05) is 229 Å². The quantitative estimate of drug-likeness (QED) is 0.0262. The summed E-state index contributed by atoms with van der Waals surface area (Å²) in [6.07, 6.45) is 63.4. The van der Waals surface area contributed by atoms with Crippen LogP contribution < -0.4 is 0 Å². The van der Waals surface area contributed by atoms with E-state index in [1.165, 1.54) is 135 Å². The van der Waals surface area contributed by atoms with Crippen molar-refractivity contribution in [1.82, 2.24) is 0 Å². The fourth-order valence-corrected chi connectivity index (χ4v) is 7.10. The highest BCUT2D eigenvalue weighted by molar-refractivity contribution is 5.72. The number of allylic oxidation sites excluding steroid dienone is 11. The predicted octanol–water partition coefficient (Wildman–Crippen LogP) is 17.0.